The van der Waals surface area contributed by atoms with Crippen molar-refractivity contribution < 1.29 is 4.74 Å². The second-order valence-electron chi connectivity index (χ2n) is 6.59. The maximum atomic E-state index is 5.38. The van der Waals surface area contributed by atoms with E-state index in [-0.39, 0.29) is 0 Å². The minimum atomic E-state index is 0.781. The molecule has 2 rings (SSSR count). The summed E-state index contributed by atoms with van der Waals surface area (Å²) >= 11 is 0. The van der Waals surface area contributed by atoms with Crippen LogP contribution in [0.15, 0.2) is 29.3 Å². The summed E-state index contributed by atoms with van der Waals surface area (Å²) in [5.41, 5.74) is 2.65. The van der Waals surface area contributed by atoms with Gasteiger partial charge in [-0.25, -0.2) is 0 Å². The number of nitrogens with zero attached hydrogens (tertiary/aromatic N) is 3. The average molecular weight is 362 g/mol. The molecule has 1 saturated heterocycles. The van der Waals surface area contributed by atoms with Gasteiger partial charge in [-0.15, -0.1) is 0 Å². The van der Waals surface area contributed by atoms with Gasteiger partial charge in [-0.05, 0) is 24.2 Å². The molecule has 1 heterocycles. The highest BCUT2D eigenvalue weighted by atomic mass is 16.5. The second kappa shape index (κ2) is 11.9. The number of hydrogen-bond donors (Lipinski definition) is 2. The Morgan fingerprint density at radius 3 is 2.58 bits per heavy atom. The summed E-state index contributed by atoms with van der Waals surface area (Å²) in [5, 5.41) is 6.81. The van der Waals surface area contributed by atoms with Gasteiger partial charge in [0.1, 0.15) is 0 Å². The van der Waals surface area contributed by atoms with Crippen molar-refractivity contribution in [1.29, 1.82) is 0 Å². The van der Waals surface area contributed by atoms with Crippen LogP contribution < -0.4 is 10.6 Å². The number of benzene rings is 1. The van der Waals surface area contributed by atoms with E-state index in [0.717, 1.165) is 71.5 Å². The van der Waals surface area contributed by atoms with Crippen LogP contribution in [-0.2, 0) is 17.8 Å². The molecule has 1 aliphatic heterocycles. The summed E-state index contributed by atoms with van der Waals surface area (Å²) in [6.45, 7) is 14.0. The quantitative estimate of drug-likeness (QED) is 0.516. The highest BCUT2D eigenvalue weighted by molar-refractivity contribution is 5.79. The van der Waals surface area contributed by atoms with Crippen LogP contribution in [0, 0.1) is 0 Å². The molecule has 0 saturated carbocycles. The summed E-state index contributed by atoms with van der Waals surface area (Å²) in [7, 11) is 1.82. The predicted octanol–water partition coefficient (Wildman–Crippen LogP) is 1.53. The third-order valence-electron chi connectivity index (χ3n) is 4.80. The zero-order chi connectivity index (χ0) is 18.6. The van der Waals surface area contributed by atoms with Gasteiger partial charge in [-0.3, -0.25) is 14.8 Å². The van der Waals surface area contributed by atoms with Gasteiger partial charge >= 0.3 is 0 Å². The van der Waals surface area contributed by atoms with E-state index in [2.05, 4.69) is 63.5 Å². The van der Waals surface area contributed by atoms with Crippen molar-refractivity contribution in [2.75, 3.05) is 59.5 Å². The minimum absolute atomic E-state index is 0.781. The highest BCUT2D eigenvalue weighted by Crippen LogP contribution is 2.08. The lowest BCUT2D eigenvalue weighted by Crippen LogP contribution is -2.44. The van der Waals surface area contributed by atoms with Crippen molar-refractivity contribution in [3.63, 3.8) is 0 Å². The molecule has 0 aliphatic carbocycles. The molecule has 1 aliphatic rings. The smallest absolute Gasteiger partial charge is 0.191 e. The minimum Gasteiger partial charge on any atom is -0.379 e. The summed E-state index contributed by atoms with van der Waals surface area (Å²) < 4.78 is 5.38. The molecule has 146 valence electrons. The van der Waals surface area contributed by atoms with Gasteiger partial charge in [0.05, 0.1) is 13.2 Å². The molecule has 0 bridgehead atoms. The van der Waals surface area contributed by atoms with Crippen molar-refractivity contribution in [2.24, 2.45) is 4.99 Å². The van der Waals surface area contributed by atoms with E-state index in [0.29, 0.717) is 0 Å². The van der Waals surface area contributed by atoms with Gasteiger partial charge in [0.25, 0.3) is 0 Å². The molecule has 6 nitrogen and oxygen atoms in total. The molecule has 0 atom stereocenters. The molecule has 0 spiro atoms. The van der Waals surface area contributed by atoms with Crippen LogP contribution in [0.1, 0.15) is 25.0 Å². The molecule has 1 fully saturated rings. The number of guanidine groups is 1. The Labute approximate surface area is 158 Å². The Kier molecular flexibility index (Phi) is 9.45. The zero-order valence-corrected chi connectivity index (χ0v) is 16.6. The third-order valence-corrected chi connectivity index (χ3v) is 4.80. The molecule has 26 heavy (non-hydrogen) atoms. The Morgan fingerprint density at radius 1 is 1.15 bits per heavy atom. The first-order valence-electron chi connectivity index (χ1n) is 9.80. The fourth-order valence-corrected chi connectivity index (χ4v) is 3.11. The molecule has 1 aromatic rings. The Morgan fingerprint density at radius 2 is 1.88 bits per heavy atom. The lowest BCUT2D eigenvalue weighted by Gasteiger charge is -2.26. The Balaban J connectivity index is 1.75. The Hall–Kier alpha value is -1.63. The van der Waals surface area contributed by atoms with E-state index in [1.807, 2.05) is 7.05 Å². The molecule has 2 N–H and O–H groups in total. The van der Waals surface area contributed by atoms with E-state index in [4.69, 9.17) is 4.74 Å². The standard InChI is InChI=1S/C20H35N5O/c1-4-24(5-2)17-19-8-6-7-18(15-19)16-23-20(21-3)22-9-10-25-11-13-26-14-12-25/h6-8,15H,4-5,9-14,16-17H2,1-3H3,(H2,21,22,23). The summed E-state index contributed by atoms with van der Waals surface area (Å²) in [6, 6.07) is 8.80. The lowest BCUT2D eigenvalue weighted by molar-refractivity contribution is 0.0389. The Bertz CT molecular complexity index is 539. The summed E-state index contributed by atoms with van der Waals surface area (Å²) in [6.07, 6.45) is 0. The van der Waals surface area contributed by atoms with Crippen LogP contribution in [0.5, 0.6) is 0 Å². The molecule has 1 aromatic carbocycles. The third kappa shape index (κ3) is 7.32. The number of rotatable bonds is 9. The van der Waals surface area contributed by atoms with Crippen LogP contribution in [0.4, 0.5) is 0 Å². The number of aliphatic imine (C=N–C) groups is 1. The van der Waals surface area contributed by atoms with Crippen molar-refractivity contribution in [3.8, 4) is 0 Å². The number of hydrogen-bond acceptors (Lipinski definition) is 4. The molecular weight excluding hydrogens is 326 g/mol. The van der Waals surface area contributed by atoms with Crippen LogP contribution >= 0.6 is 0 Å². The van der Waals surface area contributed by atoms with Crippen LogP contribution in [-0.4, -0.2) is 75.3 Å². The largest absolute Gasteiger partial charge is 0.379 e. The topological polar surface area (TPSA) is 52.1 Å². The monoisotopic (exact) mass is 361 g/mol. The molecule has 0 amide bonds. The van der Waals surface area contributed by atoms with Gasteiger partial charge in [-0.2, -0.15) is 0 Å². The highest BCUT2D eigenvalue weighted by Gasteiger charge is 2.09. The first-order valence-corrected chi connectivity index (χ1v) is 9.80. The SMILES string of the molecule is CCN(CC)Cc1cccc(CNC(=NC)NCCN2CCOCC2)c1. The van der Waals surface area contributed by atoms with Gasteiger partial charge < -0.3 is 15.4 Å². The van der Waals surface area contributed by atoms with Crippen LogP contribution in [0.3, 0.4) is 0 Å². The van der Waals surface area contributed by atoms with Gasteiger partial charge in [0.15, 0.2) is 5.96 Å². The van der Waals surface area contributed by atoms with Crippen molar-refractivity contribution in [2.45, 2.75) is 26.9 Å². The van der Waals surface area contributed by atoms with Crippen molar-refractivity contribution in [1.82, 2.24) is 20.4 Å². The molecule has 0 aromatic heterocycles. The van der Waals surface area contributed by atoms with Crippen molar-refractivity contribution in [3.05, 3.63) is 35.4 Å². The first kappa shape index (κ1) is 20.7. The van der Waals surface area contributed by atoms with E-state index < -0.39 is 0 Å². The van der Waals surface area contributed by atoms with E-state index in [9.17, 15) is 0 Å². The fourth-order valence-electron chi connectivity index (χ4n) is 3.11. The number of morpholine rings is 1. The number of ether oxygens (including phenoxy) is 1. The van der Waals surface area contributed by atoms with Crippen LogP contribution in [0.25, 0.3) is 0 Å². The van der Waals surface area contributed by atoms with Gasteiger partial charge in [0.2, 0.25) is 0 Å². The van der Waals surface area contributed by atoms with Gasteiger partial charge in [-0.1, -0.05) is 38.1 Å². The van der Waals surface area contributed by atoms with Crippen LogP contribution in [0.2, 0.25) is 0 Å². The second-order valence-corrected chi connectivity index (χ2v) is 6.59. The maximum Gasteiger partial charge on any atom is 0.191 e. The van der Waals surface area contributed by atoms with E-state index in [1.54, 1.807) is 0 Å². The summed E-state index contributed by atoms with van der Waals surface area (Å²) in [5.74, 6) is 0.854. The first-order chi connectivity index (χ1) is 12.7. The van der Waals surface area contributed by atoms with E-state index >= 15 is 0 Å². The predicted molar refractivity (Wildman–Crippen MR) is 109 cm³/mol. The fraction of sp³-hybridized carbons (Fsp3) is 0.650. The molecule has 0 unspecified atom stereocenters. The zero-order valence-electron chi connectivity index (χ0n) is 16.6. The molecular formula is C20H35N5O. The lowest BCUT2D eigenvalue weighted by atomic mass is 10.1. The summed E-state index contributed by atoms with van der Waals surface area (Å²) in [4.78, 5) is 9.17. The van der Waals surface area contributed by atoms with E-state index in [1.165, 1.54) is 11.1 Å². The normalized spacial score (nSPS) is 16.1. The van der Waals surface area contributed by atoms with Gasteiger partial charge in [0, 0.05) is 46.3 Å². The molecule has 0 radical (unpaired) electrons. The van der Waals surface area contributed by atoms with Crippen molar-refractivity contribution >= 4 is 5.96 Å². The molecule has 6 heteroatoms. The maximum absolute atomic E-state index is 5.38. The average Bonchev–Trinajstić information content (AvgIpc) is 2.69. The number of nitrogens with one attached hydrogen (secondary N) is 2.